The number of aromatic amines is 1. The normalized spacial score (nSPS) is 15.5. The van der Waals surface area contributed by atoms with E-state index in [0.717, 1.165) is 30.2 Å². The van der Waals surface area contributed by atoms with Crippen molar-refractivity contribution in [3.63, 3.8) is 0 Å². The highest BCUT2D eigenvalue weighted by Gasteiger charge is 2.26. The lowest BCUT2D eigenvalue weighted by Gasteiger charge is -2.05. The van der Waals surface area contributed by atoms with Crippen LogP contribution >= 0.6 is 15.9 Å². The first kappa shape index (κ1) is 10.7. The number of hydrogen-bond donors (Lipinski definition) is 1. The van der Waals surface area contributed by atoms with Gasteiger partial charge in [-0.3, -0.25) is 9.78 Å². The Morgan fingerprint density at radius 2 is 2.20 bits per heavy atom. The first-order chi connectivity index (χ1) is 7.22. The lowest BCUT2D eigenvalue weighted by atomic mass is 10.2. The van der Waals surface area contributed by atoms with Crippen LogP contribution in [0.5, 0.6) is 0 Å². The van der Waals surface area contributed by atoms with Gasteiger partial charge in [-0.15, -0.1) is 0 Å². The number of aromatic nitrogens is 2. The maximum absolute atomic E-state index is 11.5. The van der Waals surface area contributed by atoms with Crippen LogP contribution in [0.3, 0.4) is 0 Å². The Labute approximate surface area is 95.5 Å². The molecule has 4 nitrogen and oxygen atoms in total. The Morgan fingerprint density at radius 3 is 2.80 bits per heavy atom. The van der Waals surface area contributed by atoms with E-state index in [9.17, 15) is 9.59 Å². The van der Waals surface area contributed by atoms with E-state index in [2.05, 4.69) is 20.9 Å². The third kappa shape index (κ3) is 2.40. The average Bonchev–Trinajstić information content (AvgIpc) is 3.00. The van der Waals surface area contributed by atoms with Crippen LogP contribution < -0.4 is 11.2 Å². The third-order valence-corrected chi connectivity index (χ3v) is 3.15. The van der Waals surface area contributed by atoms with Gasteiger partial charge in [0.05, 0.1) is 0 Å². The highest BCUT2D eigenvalue weighted by atomic mass is 79.9. The van der Waals surface area contributed by atoms with Crippen molar-refractivity contribution in [2.24, 2.45) is 0 Å². The molecule has 1 fully saturated rings. The number of H-pyrrole nitrogens is 1. The van der Waals surface area contributed by atoms with Gasteiger partial charge >= 0.3 is 5.69 Å². The molecule has 1 aliphatic rings. The fraction of sp³-hybridized carbons (Fsp3) is 0.600. The monoisotopic (exact) mass is 272 g/mol. The molecule has 2 rings (SSSR count). The molecular weight excluding hydrogens is 260 g/mol. The van der Waals surface area contributed by atoms with Crippen molar-refractivity contribution >= 4 is 15.9 Å². The molecule has 82 valence electrons. The zero-order chi connectivity index (χ0) is 10.8. The average molecular weight is 273 g/mol. The topological polar surface area (TPSA) is 54.9 Å². The number of nitrogens with zero attached hydrogens (tertiary/aromatic N) is 1. The molecule has 0 radical (unpaired) electrons. The zero-order valence-corrected chi connectivity index (χ0v) is 9.92. The lowest BCUT2D eigenvalue weighted by molar-refractivity contribution is 0.629. The number of hydrogen-bond acceptors (Lipinski definition) is 2. The standard InChI is InChI=1S/C10H13BrN2O2/c11-4-1-5-13-6-8(7-2-3-7)9(14)12-10(13)15/h6-7H,1-5H2,(H,12,14,15). The number of nitrogens with one attached hydrogen (secondary N) is 1. The van der Waals surface area contributed by atoms with Crippen molar-refractivity contribution < 1.29 is 0 Å². The van der Waals surface area contributed by atoms with Crippen LogP contribution in [-0.2, 0) is 6.54 Å². The summed E-state index contributed by atoms with van der Waals surface area (Å²) in [6.07, 6.45) is 4.75. The Bertz CT molecular complexity index is 459. The summed E-state index contributed by atoms with van der Waals surface area (Å²) in [6.45, 7) is 0.653. The molecule has 1 aliphatic carbocycles. The molecule has 1 N–H and O–H groups in total. The maximum Gasteiger partial charge on any atom is 0.328 e. The van der Waals surface area contributed by atoms with E-state index in [1.165, 1.54) is 0 Å². The van der Waals surface area contributed by atoms with Crippen LogP contribution in [0, 0.1) is 0 Å². The molecule has 0 aromatic carbocycles. The predicted octanol–water partition coefficient (Wildman–Crippen LogP) is 1.20. The highest BCUT2D eigenvalue weighted by Crippen LogP contribution is 2.37. The molecule has 1 aromatic rings. The third-order valence-electron chi connectivity index (χ3n) is 2.59. The van der Waals surface area contributed by atoms with E-state index in [0.29, 0.717) is 12.5 Å². The van der Waals surface area contributed by atoms with Crippen molar-refractivity contribution in [3.05, 3.63) is 32.6 Å². The van der Waals surface area contributed by atoms with Crippen LogP contribution in [0.25, 0.3) is 0 Å². The summed E-state index contributed by atoms with van der Waals surface area (Å²) in [5.74, 6) is 0.379. The molecule has 0 amide bonds. The Hall–Kier alpha value is -0.840. The van der Waals surface area contributed by atoms with E-state index >= 15 is 0 Å². The quantitative estimate of drug-likeness (QED) is 0.838. The molecule has 1 aromatic heterocycles. The molecule has 5 heteroatoms. The Balaban J connectivity index is 2.33. The second kappa shape index (κ2) is 4.35. The molecule has 1 saturated carbocycles. The molecule has 0 atom stereocenters. The van der Waals surface area contributed by atoms with Gasteiger partial charge in [0.2, 0.25) is 0 Å². The number of halogens is 1. The van der Waals surface area contributed by atoms with Gasteiger partial charge < -0.3 is 4.57 Å². The SMILES string of the molecule is O=c1[nH]c(=O)n(CCCBr)cc1C1CC1. The summed E-state index contributed by atoms with van der Waals surface area (Å²) in [6, 6.07) is 0. The van der Waals surface area contributed by atoms with Gasteiger partial charge in [-0.2, -0.15) is 0 Å². The molecule has 0 unspecified atom stereocenters. The van der Waals surface area contributed by atoms with Crippen molar-refractivity contribution in [1.82, 2.24) is 9.55 Å². The summed E-state index contributed by atoms with van der Waals surface area (Å²) in [7, 11) is 0. The first-order valence-electron chi connectivity index (χ1n) is 5.12. The zero-order valence-electron chi connectivity index (χ0n) is 8.33. The van der Waals surface area contributed by atoms with Crippen LogP contribution in [0.2, 0.25) is 0 Å². The minimum atomic E-state index is -0.301. The minimum absolute atomic E-state index is 0.211. The first-order valence-corrected chi connectivity index (χ1v) is 6.24. The molecular formula is C10H13BrN2O2. The Morgan fingerprint density at radius 1 is 1.47 bits per heavy atom. The van der Waals surface area contributed by atoms with Gasteiger partial charge in [0.25, 0.3) is 5.56 Å². The second-order valence-corrected chi connectivity index (χ2v) is 4.65. The minimum Gasteiger partial charge on any atom is -0.300 e. The summed E-state index contributed by atoms with van der Waals surface area (Å²) >= 11 is 3.32. The fourth-order valence-electron chi connectivity index (χ4n) is 1.61. The van der Waals surface area contributed by atoms with Gasteiger partial charge in [0, 0.05) is 23.6 Å². The number of rotatable bonds is 4. The van der Waals surface area contributed by atoms with E-state index < -0.39 is 0 Å². The predicted molar refractivity (Wildman–Crippen MR) is 61.7 cm³/mol. The van der Waals surface area contributed by atoms with Crippen molar-refractivity contribution in [3.8, 4) is 0 Å². The lowest BCUT2D eigenvalue weighted by Crippen LogP contribution is -2.31. The van der Waals surface area contributed by atoms with Crippen molar-refractivity contribution in [2.45, 2.75) is 31.7 Å². The molecule has 0 saturated heterocycles. The molecule has 0 spiro atoms. The fourth-order valence-corrected chi connectivity index (χ4v) is 1.86. The molecule has 15 heavy (non-hydrogen) atoms. The van der Waals surface area contributed by atoms with E-state index in [-0.39, 0.29) is 11.2 Å². The van der Waals surface area contributed by atoms with Crippen LogP contribution in [0.15, 0.2) is 15.8 Å². The summed E-state index contributed by atoms with van der Waals surface area (Å²) in [4.78, 5) is 25.3. The Kier molecular flexibility index (Phi) is 3.09. The largest absolute Gasteiger partial charge is 0.328 e. The molecule has 0 aliphatic heterocycles. The highest BCUT2D eigenvalue weighted by molar-refractivity contribution is 9.09. The van der Waals surface area contributed by atoms with Crippen molar-refractivity contribution in [2.75, 3.05) is 5.33 Å². The van der Waals surface area contributed by atoms with Gasteiger partial charge in [0.1, 0.15) is 0 Å². The van der Waals surface area contributed by atoms with Crippen LogP contribution in [0.4, 0.5) is 0 Å². The van der Waals surface area contributed by atoms with E-state index in [1.807, 2.05) is 0 Å². The van der Waals surface area contributed by atoms with E-state index in [4.69, 9.17) is 0 Å². The number of aryl methyl sites for hydroxylation is 1. The van der Waals surface area contributed by atoms with E-state index in [1.54, 1.807) is 10.8 Å². The second-order valence-electron chi connectivity index (χ2n) is 3.85. The smallest absolute Gasteiger partial charge is 0.300 e. The van der Waals surface area contributed by atoms with Gasteiger partial charge in [-0.05, 0) is 25.2 Å². The molecule has 1 heterocycles. The van der Waals surface area contributed by atoms with Gasteiger partial charge in [-0.1, -0.05) is 15.9 Å². The van der Waals surface area contributed by atoms with Crippen molar-refractivity contribution in [1.29, 1.82) is 0 Å². The maximum atomic E-state index is 11.5. The van der Waals surface area contributed by atoms with Gasteiger partial charge in [-0.25, -0.2) is 4.79 Å². The van der Waals surface area contributed by atoms with Crippen LogP contribution in [-0.4, -0.2) is 14.9 Å². The summed E-state index contributed by atoms with van der Waals surface area (Å²) in [5.41, 5.74) is 0.257. The van der Waals surface area contributed by atoms with Gasteiger partial charge in [0.15, 0.2) is 0 Å². The summed E-state index contributed by atoms with van der Waals surface area (Å²) < 4.78 is 1.59. The summed E-state index contributed by atoms with van der Waals surface area (Å²) in [5, 5.41) is 0.858. The van der Waals surface area contributed by atoms with Crippen LogP contribution in [0.1, 0.15) is 30.7 Å². The number of alkyl halides is 1. The molecule has 0 bridgehead atoms.